The van der Waals surface area contributed by atoms with Gasteiger partial charge in [0.05, 0.1) is 11.0 Å². The van der Waals surface area contributed by atoms with E-state index in [9.17, 15) is 9.59 Å². The lowest BCUT2D eigenvalue weighted by atomic mass is 10.1. The number of rotatable bonds is 9. The minimum absolute atomic E-state index is 0.0537. The van der Waals surface area contributed by atoms with E-state index < -0.39 is 0 Å². The first-order valence-electron chi connectivity index (χ1n) is 11.4. The van der Waals surface area contributed by atoms with Crippen molar-refractivity contribution in [3.8, 4) is 5.75 Å². The Morgan fingerprint density at radius 1 is 0.941 bits per heavy atom. The van der Waals surface area contributed by atoms with Crippen molar-refractivity contribution in [2.75, 3.05) is 18.4 Å². The molecule has 2 amide bonds. The topological polar surface area (TPSA) is 76.5 Å². The SMILES string of the molecule is CCN(CC)C(=O)c1cccc(NC(=O)Cn2c(COc3ccccc3)nc3ccccc32)c1. The molecular formula is C27H28N4O3. The molecule has 3 aromatic carbocycles. The molecule has 0 atom stereocenters. The van der Waals surface area contributed by atoms with Gasteiger partial charge in [-0.3, -0.25) is 9.59 Å². The Kier molecular flexibility index (Phi) is 7.22. The first-order chi connectivity index (χ1) is 16.6. The van der Waals surface area contributed by atoms with Crippen molar-refractivity contribution < 1.29 is 14.3 Å². The summed E-state index contributed by atoms with van der Waals surface area (Å²) in [6, 6.07) is 24.2. The Morgan fingerprint density at radius 2 is 1.68 bits per heavy atom. The lowest BCUT2D eigenvalue weighted by Gasteiger charge is -2.19. The van der Waals surface area contributed by atoms with Crippen LogP contribution in [0.5, 0.6) is 5.75 Å². The highest BCUT2D eigenvalue weighted by Crippen LogP contribution is 2.19. The number of imidazole rings is 1. The Bertz CT molecular complexity index is 1280. The molecule has 7 heteroatoms. The average molecular weight is 457 g/mol. The van der Waals surface area contributed by atoms with Gasteiger partial charge in [-0.15, -0.1) is 0 Å². The second-order valence-corrected chi connectivity index (χ2v) is 7.81. The van der Waals surface area contributed by atoms with Crippen LogP contribution in [0.2, 0.25) is 0 Å². The number of amides is 2. The number of ether oxygens (including phenoxy) is 1. The maximum absolute atomic E-state index is 13.0. The number of benzene rings is 3. The van der Waals surface area contributed by atoms with Crippen molar-refractivity contribution in [2.45, 2.75) is 27.0 Å². The zero-order valence-electron chi connectivity index (χ0n) is 19.4. The molecule has 0 aliphatic carbocycles. The van der Waals surface area contributed by atoms with Gasteiger partial charge < -0.3 is 19.5 Å². The van der Waals surface area contributed by atoms with Gasteiger partial charge in [-0.05, 0) is 56.3 Å². The number of fused-ring (bicyclic) bond motifs is 1. The maximum atomic E-state index is 13.0. The van der Waals surface area contributed by atoms with Crippen molar-refractivity contribution in [2.24, 2.45) is 0 Å². The van der Waals surface area contributed by atoms with Crippen LogP contribution in [0.15, 0.2) is 78.9 Å². The normalized spacial score (nSPS) is 10.8. The van der Waals surface area contributed by atoms with E-state index in [1.54, 1.807) is 29.2 Å². The zero-order chi connectivity index (χ0) is 23.9. The van der Waals surface area contributed by atoms with Crippen molar-refractivity contribution in [3.63, 3.8) is 0 Å². The van der Waals surface area contributed by atoms with E-state index in [0.717, 1.165) is 16.8 Å². The number of hydrogen-bond donors (Lipinski definition) is 1. The number of carbonyl (C=O) groups excluding carboxylic acids is 2. The smallest absolute Gasteiger partial charge is 0.253 e. The maximum Gasteiger partial charge on any atom is 0.253 e. The average Bonchev–Trinajstić information content (AvgIpc) is 3.21. The van der Waals surface area contributed by atoms with Crippen molar-refractivity contribution in [1.29, 1.82) is 0 Å². The van der Waals surface area contributed by atoms with Crippen molar-refractivity contribution in [1.82, 2.24) is 14.5 Å². The fourth-order valence-electron chi connectivity index (χ4n) is 3.84. The molecule has 34 heavy (non-hydrogen) atoms. The Morgan fingerprint density at radius 3 is 2.44 bits per heavy atom. The predicted octanol–water partition coefficient (Wildman–Crippen LogP) is 4.74. The highest BCUT2D eigenvalue weighted by atomic mass is 16.5. The molecular weight excluding hydrogens is 428 g/mol. The van der Waals surface area contributed by atoms with Crippen LogP contribution in [0.3, 0.4) is 0 Å². The molecule has 7 nitrogen and oxygen atoms in total. The molecule has 1 N–H and O–H groups in total. The van der Waals surface area contributed by atoms with Crippen LogP contribution < -0.4 is 10.1 Å². The lowest BCUT2D eigenvalue weighted by Crippen LogP contribution is -2.30. The molecule has 4 rings (SSSR count). The number of anilines is 1. The summed E-state index contributed by atoms with van der Waals surface area (Å²) in [5.41, 5.74) is 2.78. The summed E-state index contributed by atoms with van der Waals surface area (Å²) in [5, 5.41) is 2.92. The Hall–Kier alpha value is -4.13. The fraction of sp³-hybridized carbons (Fsp3) is 0.222. The summed E-state index contributed by atoms with van der Waals surface area (Å²) in [7, 11) is 0. The second-order valence-electron chi connectivity index (χ2n) is 7.81. The molecule has 0 saturated heterocycles. The van der Waals surface area contributed by atoms with Crippen LogP contribution in [0, 0.1) is 0 Å². The fourth-order valence-corrected chi connectivity index (χ4v) is 3.84. The van der Waals surface area contributed by atoms with Gasteiger partial charge in [0.25, 0.3) is 5.91 Å². The van der Waals surface area contributed by atoms with Crippen LogP contribution >= 0.6 is 0 Å². The summed E-state index contributed by atoms with van der Waals surface area (Å²) in [4.78, 5) is 32.1. The van der Waals surface area contributed by atoms with Crippen LogP contribution in [0.25, 0.3) is 11.0 Å². The quantitative estimate of drug-likeness (QED) is 0.395. The second kappa shape index (κ2) is 10.7. The molecule has 1 heterocycles. The molecule has 0 unspecified atom stereocenters. The molecule has 0 radical (unpaired) electrons. The van der Waals surface area contributed by atoms with Crippen molar-refractivity contribution >= 4 is 28.5 Å². The first-order valence-corrected chi connectivity index (χ1v) is 11.4. The Labute approximate surface area is 199 Å². The first kappa shape index (κ1) is 23.0. The molecule has 4 aromatic rings. The highest BCUT2D eigenvalue weighted by Gasteiger charge is 2.16. The molecule has 0 aliphatic rings. The van der Waals surface area contributed by atoms with Crippen molar-refractivity contribution in [3.05, 3.63) is 90.3 Å². The molecule has 0 bridgehead atoms. The number of aromatic nitrogens is 2. The van der Waals surface area contributed by atoms with E-state index in [4.69, 9.17) is 4.74 Å². The largest absolute Gasteiger partial charge is 0.486 e. The summed E-state index contributed by atoms with van der Waals surface area (Å²) < 4.78 is 7.75. The zero-order valence-corrected chi connectivity index (χ0v) is 19.4. The molecule has 174 valence electrons. The molecule has 1 aromatic heterocycles. The van der Waals surface area contributed by atoms with E-state index >= 15 is 0 Å². The van der Waals surface area contributed by atoms with Gasteiger partial charge in [-0.25, -0.2) is 4.98 Å². The molecule has 0 fully saturated rings. The van der Waals surface area contributed by atoms with Gasteiger partial charge in [0, 0.05) is 24.3 Å². The number of hydrogen-bond acceptors (Lipinski definition) is 4. The minimum atomic E-state index is -0.212. The van der Waals surface area contributed by atoms with Crippen LogP contribution in [0.4, 0.5) is 5.69 Å². The van der Waals surface area contributed by atoms with Crippen LogP contribution in [-0.2, 0) is 17.9 Å². The molecule has 0 spiro atoms. The van der Waals surface area contributed by atoms with E-state index in [2.05, 4.69) is 10.3 Å². The summed E-state index contributed by atoms with van der Waals surface area (Å²) >= 11 is 0. The number of nitrogens with one attached hydrogen (secondary N) is 1. The predicted molar refractivity (Wildman–Crippen MR) is 133 cm³/mol. The third kappa shape index (κ3) is 5.26. The standard InChI is InChI=1S/C27H28N4O3/c1-3-30(4-2)27(33)20-11-10-12-21(17-20)28-26(32)18-31-24-16-9-8-15-23(24)29-25(31)19-34-22-13-6-5-7-14-22/h5-17H,3-4,18-19H2,1-2H3,(H,28,32). The monoisotopic (exact) mass is 456 g/mol. The van der Waals surface area contributed by atoms with Crippen LogP contribution in [0.1, 0.15) is 30.0 Å². The molecule has 0 aliphatic heterocycles. The van der Waals surface area contributed by atoms with Gasteiger partial charge >= 0.3 is 0 Å². The summed E-state index contributed by atoms with van der Waals surface area (Å²) in [6.45, 7) is 5.46. The van der Waals surface area contributed by atoms with E-state index in [-0.39, 0.29) is 25.0 Å². The van der Waals surface area contributed by atoms with E-state index in [1.165, 1.54) is 0 Å². The van der Waals surface area contributed by atoms with Gasteiger partial charge in [-0.1, -0.05) is 36.4 Å². The summed E-state index contributed by atoms with van der Waals surface area (Å²) in [6.07, 6.45) is 0. The highest BCUT2D eigenvalue weighted by molar-refractivity contribution is 5.97. The van der Waals surface area contributed by atoms with Crippen LogP contribution in [-0.4, -0.2) is 39.4 Å². The van der Waals surface area contributed by atoms with Gasteiger partial charge in [-0.2, -0.15) is 0 Å². The summed E-state index contributed by atoms with van der Waals surface area (Å²) in [5.74, 6) is 1.13. The van der Waals surface area contributed by atoms with Gasteiger partial charge in [0.2, 0.25) is 5.91 Å². The molecule has 0 saturated carbocycles. The van der Waals surface area contributed by atoms with Gasteiger partial charge in [0.15, 0.2) is 0 Å². The lowest BCUT2D eigenvalue weighted by molar-refractivity contribution is -0.116. The van der Waals surface area contributed by atoms with Gasteiger partial charge in [0.1, 0.15) is 24.7 Å². The number of nitrogens with zero attached hydrogens (tertiary/aromatic N) is 3. The third-order valence-electron chi connectivity index (χ3n) is 5.59. The van der Waals surface area contributed by atoms with E-state index in [1.807, 2.05) is 73.0 Å². The minimum Gasteiger partial charge on any atom is -0.486 e. The third-order valence-corrected chi connectivity index (χ3v) is 5.59. The number of para-hydroxylation sites is 3. The van der Waals surface area contributed by atoms with E-state index in [0.29, 0.717) is 30.2 Å². The Balaban J connectivity index is 1.52. The number of carbonyl (C=O) groups is 2.